The van der Waals surface area contributed by atoms with E-state index in [0.717, 1.165) is 11.5 Å². The van der Waals surface area contributed by atoms with Crippen LogP contribution in [-0.2, 0) is 0 Å². The number of hydrogen-bond donors (Lipinski definition) is 1. The van der Waals surface area contributed by atoms with Gasteiger partial charge in [0.05, 0.1) is 16.0 Å². The summed E-state index contributed by atoms with van der Waals surface area (Å²) < 4.78 is 1.89. The molecule has 0 radical (unpaired) electrons. The monoisotopic (exact) mass is 346 g/mol. The van der Waals surface area contributed by atoms with E-state index in [9.17, 15) is 10.1 Å². The lowest BCUT2D eigenvalue weighted by atomic mass is 10.0. The Hall–Kier alpha value is -2.74. The average molecular weight is 347 g/mol. The number of rotatable bonds is 5. The molecule has 3 heterocycles. The van der Waals surface area contributed by atoms with Crippen molar-refractivity contribution in [2.24, 2.45) is 5.92 Å². The first-order chi connectivity index (χ1) is 11.5. The van der Waals surface area contributed by atoms with E-state index in [-0.39, 0.29) is 22.7 Å². The minimum atomic E-state index is -0.533. The predicted octanol–water partition coefficient (Wildman–Crippen LogP) is 3.50. The van der Waals surface area contributed by atoms with Crippen LogP contribution in [0.1, 0.15) is 25.7 Å². The number of halogens is 1. The largest absolute Gasteiger partial charge is 0.359 e. The van der Waals surface area contributed by atoms with Gasteiger partial charge in [-0.3, -0.25) is 14.5 Å². The van der Waals surface area contributed by atoms with Crippen LogP contribution in [0.3, 0.4) is 0 Å². The van der Waals surface area contributed by atoms with Crippen LogP contribution in [0.4, 0.5) is 11.5 Å². The molecular weight excluding hydrogens is 332 g/mol. The summed E-state index contributed by atoms with van der Waals surface area (Å²) in [6.45, 7) is 4.06. The highest BCUT2D eigenvalue weighted by molar-refractivity contribution is 6.33. The van der Waals surface area contributed by atoms with Gasteiger partial charge >= 0.3 is 0 Å². The topological polar surface area (TPSA) is 98.2 Å². The van der Waals surface area contributed by atoms with Crippen molar-refractivity contribution in [2.75, 3.05) is 5.32 Å². The summed E-state index contributed by atoms with van der Waals surface area (Å²) in [7, 11) is 0. The quantitative estimate of drug-likeness (QED) is 0.560. The summed E-state index contributed by atoms with van der Waals surface area (Å²) in [5, 5.41) is 22.6. The molecule has 0 aliphatic heterocycles. The van der Waals surface area contributed by atoms with E-state index in [1.165, 1.54) is 12.3 Å². The first-order valence-electron chi connectivity index (χ1n) is 7.33. The van der Waals surface area contributed by atoms with Crippen molar-refractivity contribution in [3.8, 4) is 0 Å². The number of anilines is 1. The average Bonchev–Trinajstić information content (AvgIpc) is 2.97. The van der Waals surface area contributed by atoms with Crippen molar-refractivity contribution in [1.82, 2.24) is 19.6 Å². The van der Waals surface area contributed by atoms with Gasteiger partial charge in [0, 0.05) is 12.3 Å². The maximum atomic E-state index is 10.8. The van der Waals surface area contributed by atoms with Crippen molar-refractivity contribution in [3.05, 3.63) is 57.6 Å². The molecule has 0 aliphatic carbocycles. The van der Waals surface area contributed by atoms with Crippen LogP contribution in [0, 0.1) is 16.0 Å². The molecule has 0 saturated heterocycles. The summed E-state index contributed by atoms with van der Waals surface area (Å²) in [5.41, 5.74) is 0.585. The van der Waals surface area contributed by atoms with Gasteiger partial charge in [0.1, 0.15) is 12.0 Å². The number of fused-ring (bicyclic) bond motifs is 1. The third-order valence-corrected chi connectivity index (χ3v) is 3.90. The maximum Gasteiger partial charge on any atom is 0.289 e. The van der Waals surface area contributed by atoms with E-state index in [4.69, 9.17) is 11.6 Å². The molecule has 0 saturated carbocycles. The Labute approximate surface area is 142 Å². The summed E-state index contributed by atoms with van der Waals surface area (Å²) in [5.74, 6) is 1.25. The zero-order valence-corrected chi connectivity index (χ0v) is 13.8. The Morgan fingerprint density at radius 2 is 2.12 bits per heavy atom. The van der Waals surface area contributed by atoms with Crippen molar-refractivity contribution in [3.63, 3.8) is 0 Å². The second-order valence-corrected chi connectivity index (χ2v) is 6.04. The van der Waals surface area contributed by atoms with Crippen LogP contribution in [0.25, 0.3) is 5.65 Å². The summed E-state index contributed by atoms with van der Waals surface area (Å²) >= 11 is 6.13. The van der Waals surface area contributed by atoms with Gasteiger partial charge in [0.15, 0.2) is 11.5 Å². The Bertz CT molecular complexity index is 895. The molecule has 8 nitrogen and oxygen atoms in total. The molecule has 1 N–H and O–H groups in total. The Kier molecular flexibility index (Phi) is 4.30. The highest BCUT2D eigenvalue weighted by Gasteiger charge is 2.23. The molecule has 124 valence electrons. The molecule has 3 aromatic rings. The molecule has 0 bridgehead atoms. The van der Waals surface area contributed by atoms with E-state index >= 15 is 0 Å². The maximum absolute atomic E-state index is 10.8. The van der Waals surface area contributed by atoms with Gasteiger partial charge in [-0.25, -0.2) is 4.98 Å². The van der Waals surface area contributed by atoms with Gasteiger partial charge in [-0.1, -0.05) is 31.5 Å². The minimum Gasteiger partial charge on any atom is -0.359 e. The fourth-order valence-corrected chi connectivity index (χ4v) is 2.60. The first kappa shape index (κ1) is 16.1. The third-order valence-electron chi connectivity index (χ3n) is 3.61. The number of nitrogens with one attached hydrogen (secondary N) is 1. The van der Waals surface area contributed by atoms with Crippen molar-refractivity contribution >= 4 is 28.8 Å². The molecule has 24 heavy (non-hydrogen) atoms. The van der Waals surface area contributed by atoms with Gasteiger partial charge in [-0.2, -0.15) is 0 Å². The molecule has 0 spiro atoms. The smallest absolute Gasteiger partial charge is 0.289 e. The Balaban J connectivity index is 1.97. The number of aromatic nitrogens is 4. The fraction of sp³-hybridized carbons (Fsp3) is 0.267. The van der Waals surface area contributed by atoms with Gasteiger partial charge in [-0.15, -0.1) is 10.2 Å². The third kappa shape index (κ3) is 3.00. The summed E-state index contributed by atoms with van der Waals surface area (Å²) in [4.78, 5) is 14.3. The highest BCUT2D eigenvalue weighted by Crippen LogP contribution is 2.30. The molecule has 3 rings (SSSR count). The van der Waals surface area contributed by atoms with E-state index < -0.39 is 4.92 Å². The van der Waals surface area contributed by atoms with Crippen LogP contribution in [0.2, 0.25) is 5.02 Å². The van der Waals surface area contributed by atoms with E-state index in [2.05, 4.69) is 20.5 Å². The number of hydrogen-bond acceptors (Lipinski definition) is 6. The molecule has 9 heteroatoms. The van der Waals surface area contributed by atoms with E-state index in [0.29, 0.717) is 5.82 Å². The minimum absolute atomic E-state index is 0.153. The Morgan fingerprint density at radius 3 is 2.79 bits per heavy atom. The lowest BCUT2D eigenvalue weighted by Gasteiger charge is -2.21. The van der Waals surface area contributed by atoms with Crippen molar-refractivity contribution < 1.29 is 4.92 Å². The van der Waals surface area contributed by atoms with Gasteiger partial charge in [-0.05, 0) is 18.1 Å². The van der Waals surface area contributed by atoms with Gasteiger partial charge < -0.3 is 5.32 Å². The molecule has 1 atom stereocenters. The molecule has 0 unspecified atom stereocenters. The SMILES string of the molecule is CC(C)[C@@H](Nc1ncc([N+](=O)[O-])cc1Cl)c1nnc2ccccn12. The van der Waals surface area contributed by atoms with Gasteiger partial charge in [0.2, 0.25) is 0 Å². The van der Waals surface area contributed by atoms with Crippen LogP contribution >= 0.6 is 11.6 Å². The first-order valence-corrected chi connectivity index (χ1v) is 7.71. The second kappa shape index (κ2) is 6.40. The van der Waals surface area contributed by atoms with Crippen LogP contribution in [0.15, 0.2) is 36.7 Å². The van der Waals surface area contributed by atoms with Crippen LogP contribution < -0.4 is 5.32 Å². The number of pyridine rings is 2. The molecule has 0 amide bonds. The van der Waals surface area contributed by atoms with Crippen LogP contribution in [0.5, 0.6) is 0 Å². The van der Waals surface area contributed by atoms with Crippen LogP contribution in [-0.4, -0.2) is 24.5 Å². The van der Waals surface area contributed by atoms with Crippen molar-refractivity contribution in [2.45, 2.75) is 19.9 Å². The predicted molar refractivity (Wildman–Crippen MR) is 90.1 cm³/mol. The van der Waals surface area contributed by atoms with E-state index in [1.807, 2.05) is 42.6 Å². The molecule has 3 aromatic heterocycles. The zero-order valence-electron chi connectivity index (χ0n) is 13.0. The zero-order chi connectivity index (χ0) is 17.3. The Morgan fingerprint density at radius 1 is 1.33 bits per heavy atom. The molecule has 0 aromatic carbocycles. The molecule has 0 aliphatic rings. The normalized spacial score (nSPS) is 12.5. The van der Waals surface area contributed by atoms with E-state index in [1.54, 1.807) is 0 Å². The fourth-order valence-electron chi connectivity index (χ4n) is 2.38. The standard InChI is InChI=1S/C15H15ClN6O2/c1-9(2)13(15-20-19-12-5-3-4-6-21(12)15)18-14-11(16)7-10(8-17-14)22(23)24/h3-9,13H,1-2H3,(H,17,18)/t13-/m1/s1. The number of nitrogens with zero attached hydrogens (tertiary/aromatic N) is 5. The lowest BCUT2D eigenvalue weighted by molar-refractivity contribution is -0.385. The summed E-state index contributed by atoms with van der Waals surface area (Å²) in [6.07, 6.45) is 3.06. The van der Waals surface area contributed by atoms with Crippen molar-refractivity contribution in [1.29, 1.82) is 0 Å². The summed E-state index contributed by atoms with van der Waals surface area (Å²) in [6, 6.07) is 6.71. The lowest BCUT2D eigenvalue weighted by Crippen LogP contribution is -2.20. The molecule has 0 fully saturated rings. The molecular formula is C15H15ClN6O2. The van der Waals surface area contributed by atoms with Gasteiger partial charge in [0.25, 0.3) is 5.69 Å². The highest BCUT2D eigenvalue weighted by atomic mass is 35.5. The second-order valence-electron chi connectivity index (χ2n) is 5.63. The number of nitro groups is 1.